The van der Waals surface area contributed by atoms with E-state index in [0.717, 1.165) is 0 Å². The van der Waals surface area contributed by atoms with Crippen LogP contribution in [-0.4, -0.2) is 11.4 Å². The molecule has 0 aliphatic rings. The van der Waals surface area contributed by atoms with Gasteiger partial charge in [-0.05, 0) is 18.1 Å². The fourth-order valence-electron chi connectivity index (χ4n) is 0.981. The predicted molar refractivity (Wildman–Crippen MR) is 62.6 cm³/mol. The molecule has 0 fully saturated rings. The Morgan fingerprint density at radius 3 is 2.53 bits per heavy atom. The average molecular weight is 270 g/mol. The van der Waals surface area contributed by atoms with E-state index < -0.39 is 6.29 Å². The van der Waals surface area contributed by atoms with Gasteiger partial charge < -0.3 is 9.84 Å². The second-order valence-corrected chi connectivity index (χ2v) is 4.17. The van der Waals surface area contributed by atoms with Gasteiger partial charge in [-0.25, -0.2) is 0 Å². The van der Waals surface area contributed by atoms with Gasteiger partial charge in [-0.15, -0.1) is 0 Å². The summed E-state index contributed by atoms with van der Waals surface area (Å²) >= 11 is 17.6. The first-order valence-electron chi connectivity index (χ1n) is 4.48. The molecule has 0 saturated carbocycles. The number of hydrogen-bond acceptors (Lipinski definition) is 2. The van der Waals surface area contributed by atoms with E-state index >= 15 is 0 Å². The molecule has 0 spiro atoms. The van der Waals surface area contributed by atoms with Crippen molar-refractivity contribution in [3.63, 3.8) is 0 Å². The van der Waals surface area contributed by atoms with E-state index in [1.54, 1.807) is 12.1 Å². The van der Waals surface area contributed by atoms with E-state index in [1.807, 2.05) is 6.92 Å². The van der Waals surface area contributed by atoms with Crippen LogP contribution < -0.4 is 0 Å². The van der Waals surface area contributed by atoms with Crippen molar-refractivity contribution >= 4 is 34.8 Å². The summed E-state index contributed by atoms with van der Waals surface area (Å²) in [6.45, 7) is 2.03. The lowest BCUT2D eigenvalue weighted by Crippen LogP contribution is -2.10. The van der Waals surface area contributed by atoms with Crippen LogP contribution in [0.5, 0.6) is 0 Å². The van der Waals surface area contributed by atoms with Gasteiger partial charge in [-0.3, -0.25) is 0 Å². The normalized spacial score (nSPS) is 12.9. The summed E-state index contributed by atoms with van der Waals surface area (Å²) in [5.74, 6) is 0. The molecule has 84 valence electrons. The molecule has 1 aromatic rings. The Morgan fingerprint density at radius 2 is 1.93 bits per heavy atom. The highest BCUT2D eigenvalue weighted by molar-refractivity contribution is 6.48. The van der Waals surface area contributed by atoms with Crippen LogP contribution >= 0.6 is 34.8 Å². The topological polar surface area (TPSA) is 29.5 Å². The van der Waals surface area contributed by atoms with E-state index in [2.05, 4.69) is 0 Å². The summed E-state index contributed by atoms with van der Waals surface area (Å²) in [6.07, 6.45) is -0.255. The van der Waals surface area contributed by atoms with Crippen LogP contribution in [0.4, 0.5) is 0 Å². The van der Waals surface area contributed by atoms with Gasteiger partial charge in [0, 0.05) is 0 Å². The van der Waals surface area contributed by atoms with Crippen LogP contribution in [0.2, 0.25) is 15.1 Å². The Morgan fingerprint density at radius 1 is 1.27 bits per heavy atom. The first-order valence-corrected chi connectivity index (χ1v) is 5.61. The van der Waals surface area contributed by atoms with Crippen molar-refractivity contribution in [1.29, 1.82) is 0 Å². The highest BCUT2D eigenvalue weighted by Crippen LogP contribution is 2.33. The summed E-state index contributed by atoms with van der Waals surface area (Å²) in [5.41, 5.74) is 0.707. The van der Waals surface area contributed by atoms with Crippen molar-refractivity contribution in [3.05, 3.63) is 32.8 Å². The van der Waals surface area contributed by atoms with Crippen molar-refractivity contribution in [2.75, 3.05) is 0 Å². The molecule has 0 saturated heterocycles. The number of aliphatic hydroxyl groups is 1. The molecule has 0 aliphatic carbocycles. The summed E-state index contributed by atoms with van der Waals surface area (Å²) in [5, 5.41) is 10.3. The minimum absolute atomic E-state index is 0.213. The highest BCUT2D eigenvalue weighted by atomic mass is 35.5. The molecule has 5 heteroatoms. The van der Waals surface area contributed by atoms with Crippen LogP contribution in [0.25, 0.3) is 0 Å². The van der Waals surface area contributed by atoms with Gasteiger partial charge in [0.15, 0.2) is 6.29 Å². The minimum atomic E-state index is -0.782. The Bertz CT molecular complexity index is 342. The van der Waals surface area contributed by atoms with Crippen LogP contribution in [0.15, 0.2) is 12.1 Å². The summed E-state index contributed by atoms with van der Waals surface area (Å²) in [7, 11) is 0. The zero-order valence-electron chi connectivity index (χ0n) is 8.14. The molecular weight excluding hydrogens is 258 g/mol. The maximum absolute atomic E-state index is 9.21. The molecule has 1 N–H and O–H groups in total. The van der Waals surface area contributed by atoms with Crippen molar-refractivity contribution in [2.45, 2.75) is 26.2 Å². The van der Waals surface area contributed by atoms with Crippen molar-refractivity contribution < 1.29 is 9.84 Å². The van der Waals surface area contributed by atoms with Gasteiger partial charge in [0.2, 0.25) is 0 Å². The fraction of sp³-hybridized carbons (Fsp3) is 0.400. The smallest absolute Gasteiger partial charge is 0.154 e. The fourth-order valence-corrected chi connectivity index (χ4v) is 1.59. The summed E-state index contributed by atoms with van der Waals surface area (Å²) in [4.78, 5) is 0. The van der Waals surface area contributed by atoms with Crippen LogP contribution in [0.3, 0.4) is 0 Å². The van der Waals surface area contributed by atoms with Crippen molar-refractivity contribution in [2.24, 2.45) is 0 Å². The molecule has 0 amide bonds. The maximum atomic E-state index is 9.21. The SMILES string of the molecule is CCC(O)OCc1ccc(Cl)c(Cl)c1Cl. The number of halogens is 3. The zero-order chi connectivity index (χ0) is 11.4. The Hall–Kier alpha value is 0.01000. The third kappa shape index (κ3) is 3.51. The second kappa shape index (κ2) is 5.92. The van der Waals surface area contributed by atoms with Crippen LogP contribution in [0, 0.1) is 0 Å². The predicted octanol–water partition coefficient (Wildman–Crippen LogP) is 3.89. The summed E-state index contributed by atoms with van der Waals surface area (Å²) < 4.78 is 5.12. The monoisotopic (exact) mass is 268 g/mol. The average Bonchev–Trinajstić information content (AvgIpc) is 2.24. The number of ether oxygens (including phenoxy) is 1. The zero-order valence-corrected chi connectivity index (χ0v) is 10.4. The lowest BCUT2D eigenvalue weighted by atomic mass is 10.2. The molecule has 15 heavy (non-hydrogen) atoms. The highest BCUT2D eigenvalue weighted by Gasteiger charge is 2.10. The van der Waals surface area contributed by atoms with E-state index in [4.69, 9.17) is 39.5 Å². The van der Waals surface area contributed by atoms with Crippen LogP contribution in [-0.2, 0) is 11.3 Å². The van der Waals surface area contributed by atoms with Gasteiger partial charge in [0.05, 0.1) is 21.7 Å². The molecule has 1 atom stereocenters. The Kier molecular flexibility index (Phi) is 5.16. The standard InChI is InChI=1S/C10H11Cl3O2/c1-2-8(14)15-5-6-3-4-7(11)10(13)9(6)12/h3-4,8,14H,2,5H2,1H3. The molecule has 0 aromatic heterocycles. The number of aliphatic hydroxyl groups excluding tert-OH is 1. The van der Waals surface area contributed by atoms with Gasteiger partial charge in [0.1, 0.15) is 0 Å². The summed E-state index contributed by atoms with van der Waals surface area (Å²) in [6, 6.07) is 3.37. The second-order valence-electron chi connectivity index (χ2n) is 3.01. The first-order chi connectivity index (χ1) is 7.06. The van der Waals surface area contributed by atoms with Gasteiger partial charge in [-0.1, -0.05) is 47.8 Å². The molecule has 0 bridgehead atoms. The van der Waals surface area contributed by atoms with E-state index in [0.29, 0.717) is 27.1 Å². The van der Waals surface area contributed by atoms with Crippen molar-refractivity contribution in [3.8, 4) is 0 Å². The molecule has 1 unspecified atom stereocenters. The number of benzene rings is 1. The molecule has 2 nitrogen and oxygen atoms in total. The van der Waals surface area contributed by atoms with E-state index in [1.165, 1.54) is 0 Å². The molecular formula is C10H11Cl3O2. The molecule has 0 aliphatic heterocycles. The van der Waals surface area contributed by atoms with Crippen molar-refractivity contribution in [1.82, 2.24) is 0 Å². The number of hydrogen-bond donors (Lipinski definition) is 1. The third-order valence-corrected chi connectivity index (χ3v) is 3.23. The quantitative estimate of drug-likeness (QED) is 0.664. The molecule has 0 radical (unpaired) electrons. The van der Waals surface area contributed by atoms with Crippen LogP contribution in [0.1, 0.15) is 18.9 Å². The number of rotatable bonds is 4. The maximum Gasteiger partial charge on any atom is 0.154 e. The largest absolute Gasteiger partial charge is 0.368 e. The van der Waals surface area contributed by atoms with E-state index in [9.17, 15) is 5.11 Å². The Labute approximate surface area is 104 Å². The third-order valence-electron chi connectivity index (χ3n) is 1.90. The van der Waals surface area contributed by atoms with Gasteiger partial charge >= 0.3 is 0 Å². The van der Waals surface area contributed by atoms with Gasteiger partial charge in [-0.2, -0.15) is 0 Å². The minimum Gasteiger partial charge on any atom is -0.368 e. The first kappa shape index (κ1) is 13.1. The lowest BCUT2D eigenvalue weighted by Gasteiger charge is -2.11. The lowest BCUT2D eigenvalue weighted by molar-refractivity contribution is -0.109. The molecule has 1 aromatic carbocycles. The molecule has 0 heterocycles. The van der Waals surface area contributed by atoms with E-state index in [-0.39, 0.29) is 6.61 Å². The Balaban J connectivity index is 2.74. The molecule has 1 rings (SSSR count). The van der Waals surface area contributed by atoms with Gasteiger partial charge in [0.25, 0.3) is 0 Å².